The van der Waals surface area contributed by atoms with Crippen LogP contribution in [0, 0.1) is 17.8 Å². The number of rotatable bonds is 8. The van der Waals surface area contributed by atoms with Crippen LogP contribution in [0.25, 0.3) is 10.9 Å². The smallest absolute Gasteiger partial charge is 0.406 e. The van der Waals surface area contributed by atoms with Gasteiger partial charge in [0.05, 0.1) is 41.4 Å². The van der Waals surface area contributed by atoms with E-state index in [0.717, 1.165) is 36.5 Å². The maximum atomic E-state index is 13.7. The van der Waals surface area contributed by atoms with Crippen LogP contribution in [0.2, 0.25) is 0 Å². The van der Waals surface area contributed by atoms with E-state index < -0.39 is 34.7 Å². The molecule has 1 aliphatic carbocycles. The normalized spacial score (nSPS) is 20.1. The average molecular weight is 685 g/mol. The number of halogens is 6. The number of ether oxygens (including phenoxy) is 1. The Kier molecular flexibility index (Phi) is 10.3. The average Bonchev–Trinajstić information content (AvgIpc) is 3.35. The third-order valence-corrected chi connectivity index (χ3v) is 10.1. The second kappa shape index (κ2) is 13.9. The molecular weight excluding hydrogens is 646 g/mol. The summed E-state index contributed by atoms with van der Waals surface area (Å²) in [6, 6.07) is 11.5. The Morgan fingerprint density at radius 1 is 0.936 bits per heavy atom. The van der Waals surface area contributed by atoms with Crippen LogP contribution in [0.5, 0.6) is 5.75 Å². The lowest BCUT2D eigenvalue weighted by molar-refractivity contribution is -0.186. The fraction of sp³-hybridized carbons (Fsp3) is 0.515. The number of piperidine rings is 1. The van der Waals surface area contributed by atoms with Crippen LogP contribution in [-0.2, 0) is 16.4 Å². The van der Waals surface area contributed by atoms with Gasteiger partial charge in [0, 0.05) is 35.5 Å². The molecule has 0 unspecified atom stereocenters. The van der Waals surface area contributed by atoms with E-state index in [4.69, 9.17) is 4.74 Å². The summed E-state index contributed by atoms with van der Waals surface area (Å²) in [7, 11) is -2.04. The summed E-state index contributed by atoms with van der Waals surface area (Å²) in [5, 5.41) is 7.15. The van der Waals surface area contributed by atoms with E-state index in [2.05, 4.69) is 27.4 Å². The second-order valence-corrected chi connectivity index (χ2v) is 14.3. The molecule has 0 bridgehead atoms. The zero-order valence-electron chi connectivity index (χ0n) is 26.1. The van der Waals surface area contributed by atoms with Crippen LogP contribution in [0.3, 0.4) is 0 Å². The Labute approximate surface area is 270 Å². The molecule has 14 heteroatoms. The van der Waals surface area contributed by atoms with Crippen LogP contribution in [-0.4, -0.2) is 75.3 Å². The van der Waals surface area contributed by atoms with E-state index in [0.29, 0.717) is 35.4 Å². The second-order valence-electron chi connectivity index (χ2n) is 12.3. The van der Waals surface area contributed by atoms with E-state index in [1.165, 1.54) is 19.2 Å². The van der Waals surface area contributed by atoms with Crippen molar-refractivity contribution in [3.63, 3.8) is 0 Å². The minimum Gasteiger partial charge on any atom is -0.495 e. The van der Waals surface area contributed by atoms with E-state index in [1.54, 1.807) is 24.3 Å². The van der Waals surface area contributed by atoms with Gasteiger partial charge >= 0.3 is 12.4 Å². The molecule has 7 nitrogen and oxygen atoms in total. The zero-order valence-corrected chi connectivity index (χ0v) is 27.0. The van der Waals surface area contributed by atoms with Gasteiger partial charge in [-0.1, -0.05) is 12.0 Å². The van der Waals surface area contributed by atoms with E-state index in [-0.39, 0.29) is 47.8 Å². The first kappa shape index (κ1) is 34.8. The van der Waals surface area contributed by atoms with Crippen molar-refractivity contribution in [3.05, 3.63) is 48.2 Å². The van der Waals surface area contributed by atoms with E-state index >= 15 is 0 Å². The fourth-order valence-corrected chi connectivity index (χ4v) is 7.22. The Bertz CT molecular complexity index is 1730. The Balaban J connectivity index is 1.28. The monoisotopic (exact) mass is 684 g/mol. The number of nitrogens with one attached hydrogen (secondary N) is 2. The number of aromatic nitrogens is 1. The third kappa shape index (κ3) is 8.67. The molecular formula is C33H38F6N4O3S. The van der Waals surface area contributed by atoms with Gasteiger partial charge in [-0.15, -0.1) is 0 Å². The van der Waals surface area contributed by atoms with Crippen molar-refractivity contribution >= 4 is 32.1 Å². The van der Waals surface area contributed by atoms with Crippen LogP contribution >= 0.6 is 0 Å². The molecule has 0 amide bonds. The summed E-state index contributed by atoms with van der Waals surface area (Å²) in [5.41, 5.74) is 1.77. The number of alkyl halides is 6. The van der Waals surface area contributed by atoms with Crippen LogP contribution in [0.4, 0.5) is 37.7 Å². The predicted octanol–water partition coefficient (Wildman–Crippen LogP) is 7.08. The molecule has 0 spiro atoms. The summed E-state index contributed by atoms with van der Waals surface area (Å²) in [5.74, 6) is 4.80. The first-order valence-electron chi connectivity index (χ1n) is 15.5. The third-order valence-electron chi connectivity index (χ3n) is 9.03. The van der Waals surface area contributed by atoms with Crippen molar-refractivity contribution in [1.29, 1.82) is 0 Å². The molecule has 1 saturated heterocycles. The Morgan fingerprint density at radius 2 is 1.64 bits per heavy atom. The van der Waals surface area contributed by atoms with Gasteiger partial charge in [0.1, 0.15) is 12.3 Å². The van der Waals surface area contributed by atoms with Crippen molar-refractivity contribution < 1.29 is 39.5 Å². The number of nitrogens with zero attached hydrogens (tertiary/aromatic N) is 2. The van der Waals surface area contributed by atoms with Crippen LogP contribution in [0.1, 0.15) is 44.2 Å². The van der Waals surface area contributed by atoms with E-state index in [1.807, 2.05) is 6.07 Å². The molecule has 3 aromatic rings. The Morgan fingerprint density at radius 3 is 2.26 bits per heavy atom. The first-order valence-corrected chi connectivity index (χ1v) is 17.4. The van der Waals surface area contributed by atoms with Gasteiger partial charge in [-0.2, -0.15) is 26.3 Å². The van der Waals surface area contributed by atoms with Crippen molar-refractivity contribution in [3.8, 4) is 17.6 Å². The topological polar surface area (TPSA) is 75.6 Å². The van der Waals surface area contributed by atoms with E-state index in [9.17, 15) is 34.8 Å². The molecule has 1 aliphatic heterocycles. The Hall–Kier alpha value is -3.57. The zero-order chi connectivity index (χ0) is 34.0. The molecule has 1 saturated carbocycles. The highest BCUT2D eigenvalue weighted by molar-refractivity contribution is 7.90. The number of fused-ring (bicyclic) bond motifs is 1. The van der Waals surface area contributed by atoms with Gasteiger partial charge in [-0.25, -0.2) is 8.42 Å². The SMILES string of the molecule is COc1cc(S(C)(=O)=O)ccc1NCC#Cc1cc2c(N[C@H]3CC[C@@H](N4CCC(C(F)(F)F)CC4)CC3)cccc2n1CC(F)(F)F. The lowest BCUT2D eigenvalue weighted by atomic mass is 9.87. The predicted molar refractivity (Wildman–Crippen MR) is 169 cm³/mol. The quantitative estimate of drug-likeness (QED) is 0.195. The van der Waals surface area contributed by atoms with Gasteiger partial charge in [0.25, 0.3) is 0 Å². The van der Waals surface area contributed by atoms with Crippen molar-refractivity contribution in [2.75, 3.05) is 43.6 Å². The molecule has 0 radical (unpaired) electrons. The largest absolute Gasteiger partial charge is 0.495 e. The lowest BCUT2D eigenvalue weighted by Crippen LogP contribution is -2.46. The molecule has 2 fully saturated rings. The molecule has 2 aromatic carbocycles. The molecule has 1 aromatic heterocycles. The number of sulfone groups is 1. The summed E-state index contributed by atoms with van der Waals surface area (Å²) < 4.78 is 110. The van der Waals surface area contributed by atoms with Gasteiger partial charge in [-0.3, -0.25) is 0 Å². The van der Waals surface area contributed by atoms with Crippen molar-refractivity contribution in [1.82, 2.24) is 9.47 Å². The van der Waals surface area contributed by atoms with Crippen molar-refractivity contribution in [2.45, 2.75) is 74.4 Å². The minimum absolute atomic E-state index is 0.0599. The van der Waals surface area contributed by atoms with Crippen LogP contribution < -0.4 is 15.4 Å². The molecule has 0 atom stereocenters. The maximum Gasteiger partial charge on any atom is 0.406 e. The number of hydrogen-bond acceptors (Lipinski definition) is 6. The minimum atomic E-state index is -4.48. The number of likely N-dealkylation sites (tertiary alicyclic amines) is 1. The van der Waals surface area contributed by atoms with Crippen LogP contribution in [0.15, 0.2) is 47.4 Å². The van der Waals surface area contributed by atoms with Gasteiger partial charge < -0.3 is 24.8 Å². The summed E-state index contributed by atoms with van der Waals surface area (Å²) in [6.45, 7) is -0.263. The fourth-order valence-electron chi connectivity index (χ4n) is 6.58. The molecule has 47 heavy (non-hydrogen) atoms. The number of benzene rings is 2. The lowest BCUT2D eigenvalue weighted by Gasteiger charge is -2.41. The molecule has 2 N–H and O–H groups in total. The standard InChI is InChI=1S/C33H38F6N4O3S/c1-46-31-20-26(47(2,44)45)12-13-29(31)40-16-4-5-25-19-27-28(6-3-7-30(27)43(25)21-32(34,35)36)41-23-8-10-24(11-9-23)42-17-14-22(15-18-42)33(37,38)39/h3,6-7,12-13,19-20,22-24,40-41H,8-11,14-18,21H2,1-2H3/t23-,24+. The summed E-state index contributed by atoms with van der Waals surface area (Å²) in [6.07, 6.45) is -3.99. The molecule has 2 aliphatic rings. The highest BCUT2D eigenvalue weighted by Crippen LogP contribution is 2.37. The van der Waals surface area contributed by atoms with Gasteiger partial charge in [0.15, 0.2) is 9.84 Å². The van der Waals surface area contributed by atoms with Gasteiger partial charge in [0.2, 0.25) is 0 Å². The maximum absolute atomic E-state index is 13.7. The molecule has 256 valence electrons. The number of hydrogen-bond donors (Lipinski definition) is 2. The number of methoxy groups -OCH3 is 1. The molecule has 5 rings (SSSR count). The summed E-state index contributed by atoms with van der Waals surface area (Å²) in [4.78, 5) is 2.27. The van der Waals surface area contributed by atoms with Gasteiger partial charge in [-0.05, 0) is 87.9 Å². The van der Waals surface area contributed by atoms with Crippen molar-refractivity contribution in [2.24, 2.45) is 5.92 Å². The highest BCUT2D eigenvalue weighted by atomic mass is 32.2. The first-order chi connectivity index (χ1) is 22.1. The summed E-state index contributed by atoms with van der Waals surface area (Å²) >= 11 is 0. The highest BCUT2D eigenvalue weighted by Gasteiger charge is 2.42. The number of anilines is 2. The molecule has 2 heterocycles.